The van der Waals surface area contributed by atoms with E-state index in [1.165, 1.54) is 4.68 Å². The topological polar surface area (TPSA) is 73.2 Å². The molecule has 0 aliphatic rings. The average Bonchev–Trinajstić information content (AvgIpc) is 2.66. The van der Waals surface area contributed by atoms with Crippen molar-refractivity contribution in [1.29, 1.82) is 0 Å². The monoisotopic (exact) mass is 393 g/mol. The molecule has 1 aromatic heterocycles. The van der Waals surface area contributed by atoms with E-state index in [1.54, 1.807) is 0 Å². The fourth-order valence-corrected chi connectivity index (χ4v) is 3.02. The number of nitrogens with zero attached hydrogens (tertiary/aromatic N) is 2. The van der Waals surface area contributed by atoms with Gasteiger partial charge in [-0.05, 0) is 46.2 Å². The van der Waals surface area contributed by atoms with Gasteiger partial charge in [0.1, 0.15) is 6.61 Å². The molecule has 0 saturated carbocycles. The van der Waals surface area contributed by atoms with Gasteiger partial charge in [0.25, 0.3) is 5.56 Å². The molecule has 0 radical (unpaired) electrons. The minimum atomic E-state index is -0.446. The second-order valence-electron chi connectivity index (χ2n) is 8.39. The molecule has 0 spiro atoms. The summed E-state index contributed by atoms with van der Waals surface area (Å²) in [6.07, 6.45) is -0.446. The standard InChI is InChI=1S/C23H27N3O3/c1-15(2)26-21(27)19-9-7-6-8-18(19)20(25-26)17-12-10-16(11-13-17)14-29-22(28)24-23(3,4)5/h6-13,15H,14H2,1-5H3,(H,24,28). The quantitative estimate of drug-likeness (QED) is 0.699. The van der Waals surface area contributed by atoms with Crippen LogP contribution in [-0.2, 0) is 11.3 Å². The summed E-state index contributed by atoms with van der Waals surface area (Å²) in [5, 5.41) is 8.86. The van der Waals surface area contributed by atoms with E-state index in [4.69, 9.17) is 4.74 Å². The largest absolute Gasteiger partial charge is 0.445 e. The highest BCUT2D eigenvalue weighted by molar-refractivity contribution is 5.93. The second kappa shape index (κ2) is 8.07. The number of alkyl carbamates (subject to hydrolysis) is 1. The van der Waals surface area contributed by atoms with E-state index in [-0.39, 0.29) is 23.7 Å². The maximum atomic E-state index is 12.7. The Morgan fingerprint density at radius 3 is 2.28 bits per heavy atom. The molecule has 0 aliphatic heterocycles. The van der Waals surface area contributed by atoms with Gasteiger partial charge in [-0.15, -0.1) is 0 Å². The van der Waals surface area contributed by atoms with Gasteiger partial charge in [0.05, 0.1) is 17.1 Å². The highest BCUT2D eigenvalue weighted by Gasteiger charge is 2.15. The van der Waals surface area contributed by atoms with Gasteiger partial charge >= 0.3 is 6.09 Å². The van der Waals surface area contributed by atoms with Gasteiger partial charge < -0.3 is 10.1 Å². The van der Waals surface area contributed by atoms with Crippen molar-refractivity contribution in [3.63, 3.8) is 0 Å². The van der Waals surface area contributed by atoms with Crippen LogP contribution in [-0.4, -0.2) is 21.4 Å². The molecular formula is C23H27N3O3. The Bertz CT molecular complexity index is 1080. The number of amides is 1. The first-order valence-electron chi connectivity index (χ1n) is 9.71. The lowest BCUT2D eigenvalue weighted by Crippen LogP contribution is -2.40. The van der Waals surface area contributed by atoms with E-state index in [9.17, 15) is 9.59 Å². The number of nitrogens with one attached hydrogen (secondary N) is 1. The molecular weight excluding hydrogens is 366 g/mol. The number of hydrogen-bond donors (Lipinski definition) is 1. The molecule has 3 aromatic rings. The van der Waals surface area contributed by atoms with E-state index >= 15 is 0 Å². The van der Waals surface area contributed by atoms with Crippen LogP contribution in [0.5, 0.6) is 0 Å². The van der Waals surface area contributed by atoms with Crippen LogP contribution in [0, 0.1) is 0 Å². The molecule has 0 atom stereocenters. The highest BCUT2D eigenvalue weighted by Crippen LogP contribution is 2.25. The van der Waals surface area contributed by atoms with Crippen molar-refractivity contribution in [2.45, 2.75) is 52.8 Å². The van der Waals surface area contributed by atoms with Gasteiger partial charge in [-0.25, -0.2) is 9.48 Å². The van der Waals surface area contributed by atoms with E-state index in [2.05, 4.69) is 10.4 Å². The lowest BCUT2D eigenvalue weighted by Gasteiger charge is -2.20. The summed E-state index contributed by atoms with van der Waals surface area (Å²) in [6.45, 7) is 9.76. The smallest absolute Gasteiger partial charge is 0.407 e. The Hall–Kier alpha value is -3.15. The number of benzene rings is 2. The van der Waals surface area contributed by atoms with Gasteiger partial charge in [0.15, 0.2) is 0 Å². The van der Waals surface area contributed by atoms with Gasteiger partial charge in [0, 0.05) is 16.5 Å². The summed E-state index contributed by atoms with van der Waals surface area (Å²) < 4.78 is 6.79. The number of carbonyl (C=O) groups excluding carboxylic acids is 1. The van der Waals surface area contributed by atoms with Crippen molar-refractivity contribution in [2.24, 2.45) is 0 Å². The Morgan fingerprint density at radius 1 is 1.07 bits per heavy atom. The number of ether oxygens (including phenoxy) is 1. The van der Waals surface area contributed by atoms with Crippen LogP contribution in [0.4, 0.5) is 4.79 Å². The molecule has 0 bridgehead atoms. The van der Waals surface area contributed by atoms with Crippen molar-refractivity contribution in [1.82, 2.24) is 15.1 Å². The first-order valence-corrected chi connectivity index (χ1v) is 9.71. The van der Waals surface area contributed by atoms with Crippen molar-refractivity contribution in [3.8, 4) is 11.3 Å². The number of aromatic nitrogens is 2. The molecule has 6 nitrogen and oxygen atoms in total. The van der Waals surface area contributed by atoms with Crippen molar-refractivity contribution >= 4 is 16.9 Å². The number of rotatable bonds is 4. The van der Waals surface area contributed by atoms with Crippen molar-refractivity contribution in [3.05, 3.63) is 64.4 Å². The van der Waals surface area contributed by atoms with Crippen LogP contribution < -0.4 is 10.9 Å². The van der Waals surface area contributed by atoms with E-state index < -0.39 is 6.09 Å². The Labute approximate surface area is 170 Å². The maximum Gasteiger partial charge on any atom is 0.407 e. The van der Waals surface area contributed by atoms with Crippen LogP contribution in [0.3, 0.4) is 0 Å². The number of fused-ring (bicyclic) bond motifs is 1. The number of hydrogen-bond acceptors (Lipinski definition) is 4. The Morgan fingerprint density at radius 2 is 1.69 bits per heavy atom. The molecule has 29 heavy (non-hydrogen) atoms. The summed E-state index contributed by atoms with van der Waals surface area (Å²) in [5.74, 6) is 0. The van der Waals surface area contributed by atoms with Gasteiger partial charge in [-0.3, -0.25) is 4.79 Å². The third-order valence-corrected chi connectivity index (χ3v) is 4.39. The lowest BCUT2D eigenvalue weighted by atomic mass is 10.0. The van der Waals surface area contributed by atoms with Crippen molar-refractivity contribution in [2.75, 3.05) is 0 Å². The van der Waals surface area contributed by atoms with Gasteiger partial charge in [-0.2, -0.15) is 5.10 Å². The van der Waals surface area contributed by atoms with Crippen LogP contribution >= 0.6 is 0 Å². The zero-order valence-corrected chi connectivity index (χ0v) is 17.5. The van der Waals surface area contributed by atoms with Crippen LogP contribution in [0.2, 0.25) is 0 Å². The first kappa shape index (κ1) is 20.6. The molecule has 6 heteroatoms. The zero-order chi connectivity index (χ0) is 21.2. The van der Waals surface area contributed by atoms with E-state index in [0.29, 0.717) is 5.39 Å². The summed E-state index contributed by atoms with van der Waals surface area (Å²) in [5.41, 5.74) is 2.10. The molecule has 152 valence electrons. The maximum absolute atomic E-state index is 12.7. The summed E-state index contributed by atoms with van der Waals surface area (Å²) in [7, 11) is 0. The third kappa shape index (κ3) is 4.83. The van der Waals surface area contributed by atoms with Gasteiger partial charge in [-0.1, -0.05) is 42.5 Å². The predicted molar refractivity (Wildman–Crippen MR) is 115 cm³/mol. The summed E-state index contributed by atoms with van der Waals surface area (Å²) in [6, 6.07) is 15.1. The Kier molecular flexibility index (Phi) is 5.73. The zero-order valence-electron chi connectivity index (χ0n) is 17.5. The minimum Gasteiger partial charge on any atom is -0.445 e. The van der Waals surface area contributed by atoms with Crippen LogP contribution in [0.15, 0.2) is 53.3 Å². The van der Waals surface area contributed by atoms with Crippen LogP contribution in [0.25, 0.3) is 22.0 Å². The second-order valence-corrected chi connectivity index (χ2v) is 8.39. The molecule has 0 unspecified atom stereocenters. The summed E-state index contributed by atoms with van der Waals surface area (Å²) in [4.78, 5) is 24.5. The molecule has 1 heterocycles. The van der Waals surface area contributed by atoms with E-state index in [1.807, 2.05) is 83.1 Å². The molecule has 0 saturated heterocycles. The number of carbonyl (C=O) groups is 1. The molecule has 3 rings (SSSR count). The fraction of sp³-hybridized carbons (Fsp3) is 0.348. The molecule has 2 aromatic carbocycles. The van der Waals surface area contributed by atoms with Crippen molar-refractivity contribution < 1.29 is 9.53 Å². The molecule has 0 fully saturated rings. The van der Waals surface area contributed by atoms with Gasteiger partial charge in [0.2, 0.25) is 0 Å². The third-order valence-electron chi connectivity index (χ3n) is 4.39. The predicted octanol–water partition coefficient (Wildman–Crippen LogP) is 4.67. The normalized spacial score (nSPS) is 11.7. The SMILES string of the molecule is CC(C)n1nc(-c2ccc(COC(=O)NC(C)(C)C)cc2)c2ccccc2c1=O. The Balaban J connectivity index is 1.88. The molecule has 1 amide bonds. The molecule has 1 N–H and O–H groups in total. The van der Waals surface area contributed by atoms with E-state index in [0.717, 1.165) is 22.2 Å². The summed E-state index contributed by atoms with van der Waals surface area (Å²) >= 11 is 0. The first-order chi connectivity index (χ1) is 13.7. The lowest BCUT2D eigenvalue weighted by molar-refractivity contribution is 0.131. The minimum absolute atomic E-state index is 0.0418. The fourth-order valence-electron chi connectivity index (χ4n) is 3.02. The van der Waals surface area contributed by atoms with Crippen LogP contribution in [0.1, 0.15) is 46.2 Å². The average molecular weight is 393 g/mol. The highest BCUT2D eigenvalue weighted by atomic mass is 16.5. The molecule has 0 aliphatic carbocycles.